The molecule has 2 heteroatoms. The minimum atomic E-state index is 0.346. The first-order valence-electron chi connectivity index (χ1n) is 8.04. The summed E-state index contributed by atoms with van der Waals surface area (Å²) in [7, 11) is 0. The van der Waals surface area contributed by atoms with Gasteiger partial charge in [-0.3, -0.25) is 4.90 Å². The van der Waals surface area contributed by atoms with Gasteiger partial charge in [-0.2, -0.15) is 0 Å². The van der Waals surface area contributed by atoms with Crippen LogP contribution in [0.1, 0.15) is 26.3 Å². The molecule has 0 spiro atoms. The predicted octanol–water partition coefficient (Wildman–Crippen LogP) is 2.89. The molecular formula is C18H28N2. The van der Waals surface area contributed by atoms with Crippen LogP contribution in [0.25, 0.3) is 0 Å². The van der Waals surface area contributed by atoms with E-state index in [4.69, 9.17) is 0 Å². The van der Waals surface area contributed by atoms with Gasteiger partial charge in [0.2, 0.25) is 0 Å². The van der Waals surface area contributed by atoms with Crippen molar-refractivity contribution in [3.63, 3.8) is 0 Å². The second-order valence-corrected chi connectivity index (χ2v) is 7.59. The lowest BCUT2D eigenvalue weighted by Crippen LogP contribution is -2.41. The lowest BCUT2D eigenvalue weighted by atomic mass is 10.0. The molecule has 1 aromatic carbocycles. The lowest BCUT2D eigenvalue weighted by molar-refractivity contribution is 0.150. The Bertz CT molecular complexity index is 420. The minimum Gasteiger partial charge on any atom is -0.302 e. The van der Waals surface area contributed by atoms with E-state index in [9.17, 15) is 0 Å². The standard InChI is InChI=1S/C18H28N2/c1-18(2,3)20-13-16-11-19(12-17(16)14-20)10-9-15-7-5-4-6-8-15/h4-8,16-17H,9-14H2,1-3H3/t16-,17+. The van der Waals surface area contributed by atoms with Crippen LogP contribution in [0.15, 0.2) is 30.3 Å². The van der Waals surface area contributed by atoms with Crippen LogP contribution < -0.4 is 0 Å². The summed E-state index contributed by atoms with van der Waals surface area (Å²) in [6.45, 7) is 13.5. The largest absolute Gasteiger partial charge is 0.302 e. The molecule has 2 aliphatic rings. The quantitative estimate of drug-likeness (QED) is 0.835. The van der Waals surface area contributed by atoms with Gasteiger partial charge in [-0.1, -0.05) is 30.3 Å². The Hall–Kier alpha value is -0.860. The number of fused-ring (bicyclic) bond motifs is 1. The summed E-state index contributed by atoms with van der Waals surface area (Å²) in [5, 5.41) is 0. The number of likely N-dealkylation sites (tertiary alicyclic amines) is 2. The van der Waals surface area contributed by atoms with Gasteiger partial charge in [-0.05, 0) is 44.6 Å². The van der Waals surface area contributed by atoms with Gasteiger partial charge in [0, 0.05) is 38.3 Å². The smallest absolute Gasteiger partial charge is 0.0125 e. The molecule has 0 aliphatic carbocycles. The molecule has 0 aromatic heterocycles. The Kier molecular flexibility index (Phi) is 3.87. The number of rotatable bonds is 3. The molecule has 20 heavy (non-hydrogen) atoms. The highest BCUT2D eigenvalue weighted by molar-refractivity contribution is 5.15. The van der Waals surface area contributed by atoms with Gasteiger partial charge in [0.25, 0.3) is 0 Å². The van der Waals surface area contributed by atoms with Crippen molar-refractivity contribution in [1.82, 2.24) is 9.80 Å². The van der Waals surface area contributed by atoms with Crippen molar-refractivity contribution in [3.05, 3.63) is 35.9 Å². The average molecular weight is 272 g/mol. The second-order valence-electron chi connectivity index (χ2n) is 7.59. The van der Waals surface area contributed by atoms with Gasteiger partial charge in [0.05, 0.1) is 0 Å². The zero-order chi connectivity index (χ0) is 14.2. The van der Waals surface area contributed by atoms with Crippen LogP contribution in [0.4, 0.5) is 0 Å². The van der Waals surface area contributed by atoms with E-state index >= 15 is 0 Å². The number of hydrogen-bond acceptors (Lipinski definition) is 2. The highest BCUT2D eigenvalue weighted by atomic mass is 15.3. The minimum absolute atomic E-state index is 0.346. The molecule has 2 fully saturated rings. The van der Waals surface area contributed by atoms with E-state index in [0.29, 0.717) is 5.54 Å². The SMILES string of the molecule is CC(C)(C)N1C[C@H]2CN(CCc3ccccc3)C[C@H]2C1. The molecule has 0 unspecified atom stereocenters. The summed E-state index contributed by atoms with van der Waals surface area (Å²) in [6, 6.07) is 10.9. The van der Waals surface area contributed by atoms with Crippen LogP contribution in [0, 0.1) is 11.8 Å². The summed E-state index contributed by atoms with van der Waals surface area (Å²) < 4.78 is 0. The monoisotopic (exact) mass is 272 g/mol. The molecular weight excluding hydrogens is 244 g/mol. The highest BCUT2D eigenvalue weighted by Gasteiger charge is 2.42. The van der Waals surface area contributed by atoms with Crippen molar-refractivity contribution in [2.75, 3.05) is 32.7 Å². The number of hydrogen-bond donors (Lipinski definition) is 0. The van der Waals surface area contributed by atoms with E-state index in [-0.39, 0.29) is 0 Å². The molecule has 3 rings (SSSR count). The second kappa shape index (κ2) is 5.50. The lowest BCUT2D eigenvalue weighted by Gasteiger charge is -2.33. The molecule has 0 saturated carbocycles. The third-order valence-corrected chi connectivity index (χ3v) is 5.07. The fourth-order valence-corrected chi connectivity index (χ4v) is 3.75. The first kappa shape index (κ1) is 14.1. The van der Waals surface area contributed by atoms with Crippen molar-refractivity contribution >= 4 is 0 Å². The van der Waals surface area contributed by atoms with E-state index < -0.39 is 0 Å². The van der Waals surface area contributed by atoms with E-state index in [1.807, 2.05) is 0 Å². The maximum absolute atomic E-state index is 2.68. The predicted molar refractivity (Wildman–Crippen MR) is 84.9 cm³/mol. The van der Waals surface area contributed by atoms with Crippen molar-refractivity contribution in [1.29, 1.82) is 0 Å². The molecule has 0 N–H and O–H groups in total. The molecule has 2 saturated heterocycles. The number of nitrogens with zero attached hydrogens (tertiary/aromatic N) is 2. The number of benzene rings is 1. The summed E-state index contributed by atoms with van der Waals surface area (Å²) in [4.78, 5) is 5.36. The summed E-state index contributed by atoms with van der Waals surface area (Å²) in [5.74, 6) is 1.81. The molecule has 2 aliphatic heterocycles. The Morgan fingerprint density at radius 3 is 2.10 bits per heavy atom. The molecule has 1 aromatic rings. The average Bonchev–Trinajstić information content (AvgIpc) is 2.95. The van der Waals surface area contributed by atoms with Crippen molar-refractivity contribution < 1.29 is 0 Å². The Labute approximate surface area is 123 Å². The Morgan fingerprint density at radius 2 is 1.55 bits per heavy atom. The third-order valence-electron chi connectivity index (χ3n) is 5.07. The van der Waals surface area contributed by atoms with Crippen LogP contribution in [-0.2, 0) is 6.42 Å². The van der Waals surface area contributed by atoms with E-state index in [0.717, 1.165) is 11.8 Å². The summed E-state index contributed by atoms with van der Waals surface area (Å²) >= 11 is 0. The maximum Gasteiger partial charge on any atom is 0.0125 e. The molecule has 0 bridgehead atoms. The molecule has 0 radical (unpaired) electrons. The van der Waals surface area contributed by atoms with Gasteiger partial charge >= 0.3 is 0 Å². The van der Waals surface area contributed by atoms with Crippen LogP contribution in [0.5, 0.6) is 0 Å². The first-order chi connectivity index (χ1) is 9.52. The van der Waals surface area contributed by atoms with Gasteiger partial charge in [-0.15, -0.1) is 0 Å². The highest BCUT2D eigenvalue weighted by Crippen LogP contribution is 2.34. The first-order valence-corrected chi connectivity index (χ1v) is 8.04. The molecule has 2 atom stereocenters. The van der Waals surface area contributed by atoms with Crippen molar-refractivity contribution in [2.45, 2.75) is 32.7 Å². The fraction of sp³-hybridized carbons (Fsp3) is 0.667. The van der Waals surface area contributed by atoms with Crippen molar-refractivity contribution in [2.24, 2.45) is 11.8 Å². The fourth-order valence-electron chi connectivity index (χ4n) is 3.75. The zero-order valence-corrected chi connectivity index (χ0v) is 13.2. The van der Waals surface area contributed by atoms with Crippen molar-refractivity contribution in [3.8, 4) is 0 Å². The third kappa shape index (κ3) is 3.07. The topological polar surface area (TPSA) is 6.48 Å². The maximum atomic E-state index is 2.68. The van der Waals surface area contributed by atoms with Crippen LogP contribution in [0.2, 0.25) is 0 Å². The van der Waals surface area contributed by atoms with E-state index in [1.165, 1.54) is 44.7 Å². The van der Waals surface area contributed by atoms with Gasteiger partial charge in [-0.25, -0.2) is 0 Å². The zero-order valence-electron chi connectivity index (χ0n) is 13.2. The van der Waals surface area contributed by atoms with Gasteiger partial charge < -0.3 is 4.90 Å². The summed E-state index contributed by atoms with van der Waals surface area (Å²) in [5.41, 5.74) is 1.82. The Balaban J connectivity index is 1.48. The summed E-state index contributed by atoms with van der Waals surface area (Å²) in [6.07, 6.45) is 1.20. The normalized spacial score (nSPS) is 27.9. The van der Waals surface area contributed by atoms with E-state index in [2.05, 4.69) is 60.9 Å². The van der Waals surface area contributed by atoms with Gasteiger partial charge in [0.1, 0.15) is 0 Å². The van der Waals surface area contributed by atoms with Crippen LogP contribution >= 0.6 is 0 Å². The molecule has 0 amide bonds. The Morgan fingerprint density at radius 1 is 0.950 bits per heavy atom. The van der Waals surface area contributed by atoms with Crippen LogP contribution in [0.3, 0.4) is 0 Å². The molecule has 2 nitrogen and oxygen atoms in total. The molecule has 2 heterocycles. The molecule has 110 valence electrons. The van der Waals surface area contributed by atoms with E-state index in [1.54, 1.807) is 0 Å². The van der Waals surface area contributed by atoms with Crippen LogP contribution in [-0.4, -0.2) is 48.1 Å². The van der Waals surface area contributed by atoms with Gasteiger partial charge in [0.15, 0.2) is 0 Å².